The molecule has 72 valence electrons. The van der Waals surface area contributed by atoms with Crippen LogP contribution in [0.1, 0.15) is 46.5 Å². The Labute approximate surface area is 75.9 Å². The van der Waals surface area contributed by atoms with E-state index in [4.69, 9.17) is 5.84 Å². The maximum atomic E-state index is 5.52. The summed E-state index contributed by atoms with van der Waals surface area (Å²) in [6, 6.07) is 0.470. The van der Waals surface area contributed by atoms with Crippen molar-refractivity contribution in [3.8, 4) is 0 Å². The summed E-state index contributed by atoms with van der Waals surface area (Å²) < 4.78 is 0. The van der Waals surface area contributed by atoms with Crippen LogP contribution >= 0.6 is 0 Å². The summed E-state index contributed by atoms with van der Waals surface area (Å²) in [7, 11) is 0. The molecule has 1 aliphatic carbocycles. The minimum atomic E-state index is 0.295. The van der Waals surface area contributed by atoms with Crippen molar-refractivity contribution in [2.45, 2.75) is 52.5 Å². The Morgan fingerprint density at radius 2 is 2.00 bits per heavy atom. The Balaban J connectivity index is 2.23. The summed E-state index contributed by atoms with van der Waals surface area (Å²) in [5.74, 6) is 6.53. The van der Waals surface area contributed by atoms with Crippen LogP contribution in [0, 0.1) is 11.3 Å². The molecule has 0 aromatic carbocycles. The summed E-state index contributed by atoms with van der Waals surface area (Å²) in [5, 5.41) is 0. The second-order valence-electron chi connectivity index (χ2n) is 5.11. The fourth-order valence-electron chi connectivity index (χ4n) is 1.58. The summed E-state index contributed by atoms with van der Waals surface area (Å²) >= 11 is 0. The van der Waals surface area contributed by atoms with Crippen molar-refractivity contribution < 1.29 is 0 Å². The average Bonchev–Trinajstić information content (AvgIpc) is 2.69. The third-order valence-corrected chi connectivity index (χ3v) is 2.81. The minimum absolute atomic E-state index is 0.295. The molecule has 0 radical (unpaired) electrons. The van der Waals surface area contributed by atoms with E-state index >= 15 is 0 Å². The first-order valence-corrected chi connectivity index (χ1v) is 5.00. The van der Waals surface area contributed by atoms with Gasteiger partial charge in [0.05, 0.1) is 0 Å². The molecule has 0 heterocycles. The molecule has 0 spiro atoms. The van der Waals surface area contributed by atoms with Crippen LogP contribution in [0.5, 0.6) is 0 Å². The molecular weight excluding hydrogens is 148 g/mol. The van der Waals surface area contributed by atoms with Crippen molar-refractivity contribution in [1.82, 2.24) is 5.43 Å². The molecule has 0 saturated heterocycles. The standard InChI is InChI=1S/C10H22N2/c1-10(2,3)9(12-11)7-6-8-4-5-8/h8-9,12H,4-7,11H2,1-3H3. The van der Waals surface area contributed by atoms with Gasteiger partial charge < -0.3 is 0 Å². The maximum absolute atomic E-state index is 5.52. The van der Waals surface area contributed by atoms with Gasteiger partial charge in [-0.05, 0) is 24.2 Å². The van der Waals surface area contributed by atoms with Crippen molar-refractivity contribution in [3.63, 3.8) is 0 Å². The lowest BCUT2D eigenvalue weighted by Crippen LogP contribution is -2.44. The van der Waals surface area contributed by atoms with Crippen LogP contribution in [0.25, 0.3) is 0 Å². The lowest BCUT2D eigenvalue weighted by atomic mass is 9.84. The number of rotatable bonds is 4. The molecule has 1 aliphatic rings. The molecule has 1 fully saturated rings. The molecule has 0 amide bonds. The fourth-order valence-corrected chi connectivity index (χ4v) is 1.58. The molecule has 0 aromatic rings. The molecule has 1 saturated carbocycles. The van der Waals surface area contributed by atoms with Crippen LogP contribution < -0.4 is 11.3 Å². The molecule has 12 heavy (non-hydrogen) atoms. The highest BCUT2D eigenvalue weighted by Crippen LogP contribution is 2.35. The third kappa shape index (κ3) is 3.11. The molecule has 1 rings (SSSR count). The molecule has 3 N–H and O–H groups in total. The topological polar surface area (TPSA) is 38.0 Å². The first kappa shape index (κ1) is 10.0. The number of hydrazine groups is 1. The van der Waals surface area contributed by atoms with Crippen molar-refractivity contribution in [1.29, 1.82) is 0 Å². The quantitative estimate of drug-likeness (QED) is 0.500. The Morgan fingerprint density at radius 1 is 1.42 bits per heavy atom. The Morgan fingerprint density at radius 3 is 2.33 bits per heavy atom. The number of hydrogen-bond donors (Lipinski definition) is 2. The van der Waals surface area contributed by atoms with Gasteiger partial charge in [-0.15, -0.1) is 0 Å². The van der Waals surface area contributed by atoms with Crippen molar-refractivity contribution in [3.05, 3.63) is 0 Å². The van der Waals surface area contributed by atoms with E-state index in [1.807, 2.05) is 0 Å². The second kappa shape index (κ2) is 3.75. The van der Waals surface area contributed by atoms with Gasteiger partial charge in [-0.1, -0.05) is 33.6 Å². The Hall–Kier alpha value is -0.0800. The van der Waals surface area contributed by atoms with Gasteiger partial charge in [-0.3, -0.25) is 11.3 Å². The van der Waals surface area contributed by atoms with Crippen molar-refractivity contribution in [2.24, 2.45) is 17.2 Å². The summed E-state index contributed by atoms with van der Waals surface area (Å²) in [4.78, 5) is 0. The summed E-state index contributed by atoms with van der Waals surface area (Å²) in [5.41, 5.74) is 3.22. The Bertz CT molecular complexity index is 133. The molecule has 2 heteroatoms. The van der Waals surface area contributed by atoms with Gasteiger partial charge in [0.15, 0.2) is 0 Å². The fraction of sp³-hybridized carbons (Fsp3) is 1.00. The first-order chi connectivity index (χ1) is 5.54. The number of nitrogens with one attached hydrogen (secondary N) is 1. The van der Waals surface area contributed by atoms with Crippen LogP contribution in [0.3, 0.4) is 0 Å². The van der Waals surface area contributed by atoms with Gasteiger partial charge in [0.1, 0.15) is 0 Å². The zero-order valence-corrected chi connectivity index (χ0v) is 8.56. The SMILES string of the molecule is CC(C)(C)C(CCC1CC1)NN. The molecule has 1 unspecified atom stereocenters. The van der Waals surface area contributed by atoms with Crippen molar-refractivity contribution in [2.75, 3.05) is 0 Å². The van der Waals surface area contributed by atoms with Crippen LogP contribution in [0.2, 0.25) is 0 Å². The number of nitrogens with two attached hydrogens (primary N) is 1. The van der Waals surface area contributed by atoms with Gasteiger partial charge in [0.2, 0.25) is 0 Å². The second-order valence-corrected chi connectivity index (χ2v) is 5.11. The highest BCUT2D eigenvalue weighted by Gasteiger charge is 2.27. The zero-order valence-electron chi connectivity index (χ0n) is 8.56. The molecule has 1 atom stereocenters. The largest absolute Gasteiger partial charge is 0.271 e. The van der Waals surface area contributed by atoms with E-state index in [0.29, 0.717) is 11.5 Å². The Kier molecular flexibility index (Phi) is 3.13. The van der Waals surface area contributed by atoms with E-state index in [9.17, 15) is 0 Å². The summed E-state index contributed by atoms with van der Waals surface area (Å²) in [6.45, 7) is 6.72. The van der Waals surface area contributed by atoms with Gasteiger partial charge >= 0.3 is 0 Å². The van der Waals surface area contributed by atoms with Gasteiger partial charge in [0, 0.05) is 6.04 Å². The third-order valence-electron chi connectivity index (χ3n) is 2.81. The van der Waals surface area contributed by atoms with Gasteiger partial charge in [0.25, 0.3) is 0 Å². The van der Waals surface area contributed by atoms with Crippen molar-refractivity contribution >= 4 is 0 Å². The lowest BCUT2D eigenvalue weighted by molar-refractivity contribution is 0.250. The van der Waals surface area contributed by atoms with Crippen LogP contribution in [0.15, 0.2) is 0 Å². The van der Waals surface area contributed by atoms with Gasteiger partial charge in [-0.2, -0.15) is 0 Å². The van der Waals surface area contributed by atoms with E-state index in [-0.39, 0.29) is 0 Å². The minimum Gasteiger partial charge on any atom is -0.271 e. The van der Waals surface area contributed by atoms with E-state index < -0.39 is 0 Å². The van der Waals surface area contributed by atoms with E-state index in [0.717, 1.165) is 5.92 Å². The zero-order chi connectivity index (χ0) is 9.19. The monoisotopic (exact) mass is 170 g/mol. The highest BCUT2D eigenvalue weighted by atomic mass is 15.2. The van der Waals surface area contributed by atoms with Crippen LogP contribution in [-0.2, 0) is 0 Å². The molecular formula is C10H22N2. The van der Waals surface area contributed by atoms with E-state index in [2.05, 4.69) is 26.2 Å². The normalized spacial score (nSPS) is 21.0. The molecule has 2 nitrogen and oxygen atoms in total. The summed E-state index contributed by atoms with van der Waals surface area (Å²) in [6.07, 6.45) is 5.47. The predicted octanol–water partition coefficient (Wildman–Crippen LogP) is 2.05. The van der Waals surface area contributed by atoms with Crippen LogP contribution in [0.4, 0.5) is 0 Å². The first-order valence-electron chi connectivity index (χ1n) is 5.00. The van der Waals surface area contributed by atoms with Gasteiger partial charge in [-0.25, -0.2) is 0 Å². The highest BCUT2D eigenvalue weighted by molar-refractivity contribution is 4.82. The van der Waals surface area contributed by atoms with E-state index in [1.54, 1.807) is 0 Å². The lowest BCUT2D eigenvalue weighted by Gasteiger charge is -2.30. The van der Waals surface area contributed by atoms with Crippen LogP contribution in [-0.4, -0.2) is 6.04 Å². The van der Waals surface area contributed by atoms with E-state index in [1.165, 1.54) is 25.7 Å². The molecule has 0 aromatic heterocycles. The molecule has 0 bridgehead atoms. The average molecular weight is 170 g/mol. The smallest absolute Gasteiger partial charge is 0.0259 e. The maximum Gasteiger partial charge on any atom is 0.0259 e. The predicted molar refractivity (Wildman–Crippen MR) is 52.5 cm³/mol. The molecule has 0 aliphatic heterocycles. The number of hydrogen-bond acceptors (Lipinski definition) is 2.